The number of benzene rings is 2. The Kier molecular flexibility index (Phi) is 6.29. The number of nitrogens with zero attached hydrogens (tertiary/aromatic N) is 5. The molecule has 1 saturated heterocycles. The number of amides is 1. The molecule has 5 rings (SSSR count). The molecule has 0 bridgehead atoms. The van der Waals surface area contributed by atoms with E-state index in [4.69, 9.17) is 5.10 Å². The van der Waals surface area contributed by atoms with Gasteiger partial charge >= 0.3 is 0 Å². The number of para-hydroxylation sites is 1. The summed E-state index contributed by atoms with van der Waals surface area (Å²) < 4.78 is 15.3. The molecule has 1 aliphatic rings. The van der Waals surface area contributed by atoms with E-state index in [2.05, 4.69) is 20.2 Å². The molecule has 1 amide bonds. The van der Waals surface area contributed by atoms with Gasteiger partial charge in [-0.25, -0.2) is 14.1 Å². The van der Waals surface area contributed by atoms with E-state index in [0.717, 1.165) is 42.0 Å². The van der Waals surface area contributed by atoms with Crippen LogP contribution in [-0.4, -0.2) is 38.7 Å². The molecule has 0 saturated carbocycles. The van der Waals surface area contributed by atoms with E-state index in [-0.39, 0.29) is 17.6 Å². The molecule has 1 atom stereocenters. The summed E-state index contributed by atoms with van der Waals surface area (Å²) in [6.07, 6.45) is 8.71. The van der Waals surface area contributed by atoms with Gasteiger partial charge in [0.25, 0.3) is 0 Å². The molecule has 3 heterocycles. The van der Waals surface area contributed by atoms with Crippen molar-refractivity contribution in [3.05, 3.63) is 90.8 Å². The van der Waals surface area contributed by atoms with Gasteiger partial charge in [-0.1, -0.05) is 18.2 Å². The number of hydrogen-bond acceptors (Lipinski definition) is 5. The second kappa shape index (κ2) is 9.82. The highest BCUT2D eigenvalue weighted by molar-refractivity contribution is 5.80. The second-order valence-corrected chi connectivity index (χ2v) is 8.36. The minimum atomic E-state index is -0.300. The minimum Gasteiger partial charge on any atom is -0.355 e. The molecule has 0 unspecified atom stereocenters. The van der Waals surface area contributed by atoms with Crippen molar-refractivity contribution in [1.29, 1.82) is 0 Å². The van der Waals surface area contributed by atoms with E-state index in [0.29, 0.717) is 18.8 Å². The highest BCUT2D eigenvalue weighted by Crippen LogP contribution is 2.25. The van der Waals surface area contributed by atoms with Crippen molar-refractivity contribution in [2.75, 3.05) is 18.0 Å². The summed E-state index contributed by atoms with van der Waals surface area (Å²) in [5.41, 5.74) is 3.29. The summed E-state index contributed by atoms with van der Waals surface area (Å²) in [6.45, 7) is 1.81. The lowest BCUT2D eigenvalue weighted by Crippen LogP contribution is -2.43. The predicted octanol–water partition coefficient (Wildman–Crippen LogP) is 4.00. The molecule has 2 aromatic heterocycles. The van der Waals surface area contributed by atoms with Crippen molar-refractivity contribution in [2.24, 2.45) is 5.92 Å². The molecule has 0 aliphatic carbocycles. The van der Waals surface area contributed by atoms with Gasteiger partial charge in [-0.2, -0.15) is 5.10 Å². The van der Waals surface area contributed by atoms with Crippen LogP contribution in [0, 0.1) is 11.7 Å². The van der Waals surface area contributed by atoms with Crippen LogP contribution >= 0.6 is 0 Å². The minimum absolute atomic E-state index is 0.00566. The Bertz CT molecular complexity index is 1240. The monoisotopic (exact) mass is 456 g/mol. The number of carbonyl (C=O) groups is 1. The maximum Gasteiger partial charge on any atom is 0.225 e. The van der Waals surface area contributed by atoms with Crippen LogP contribution in [0.1, 0.15) is 18.4 Å². The van der Waals surface area contributed by atoms with E-state index >= 15 is 0 Å². The van der Waals surface area contributed by atoms with Crippen LogP contribution in [0.2, 0.25) is 0 Å². The van der Waals surface area contributed by atoms with Gasteiger partial charge < -0.3 is 10.2 Å². The second-order valence-electron chi connectivity index (χ2n) is 8.36. The highest BCUT2D eigenvalue weighted by atomic mass is 19.1. The summed E-state index contributed by atoms with van der Waals surface area (Å²) in [4.78, 5) is 23.7. The summed E-state index contributed by atoms with van der Waals surface area (Å²) in [5, 5.41) is 7.84. The lowest BCUT2D eigenvalue weighted by Gasteiger charge is -2.32. The maximum absolute atomic E-state index is 13.5. The smallest absolute Gasteiger partial charge is 0.225 e. The number of piperidine rings is 1. The van der Waals surface area contributed by atoms with Crippen molar-refractivity contribution in [3.8, 4) is 16.9 Å². The fourth-order valence-electron chi connectivity index (χ4n) is 4.28. The van der Waals surface area contributed by atoms with Crippen LogP contribution in [0.5, 0.6) is 0 Å². The molecule has 0 radical (unpaired) electrons. The van der Waals surface area contributed by atoms with Crippen LogP contribution in [0.25, 0.3) is 16.9 Å². The molecule has 1 aliphatic heterocycles. The molecule has 0 spiro atoms. The Balaban J connectivity index is 1.33. The third-order valence-electron chi connectivity index (χ3n) is 6.05. The normalized spacial score (nSPS) is 15.8. The zero-order valence-electron chi connectivity index (χ0n) is 18.6. The van der Waals surface area contributed by atoms with Gasteiger partial charge in [-0.05, 0) is 49.2 Å². The van der Waals surface area contributed by atoms with Gasteiger partial charge in [-0.3, -0.25) is 9.78 Å². The summed E-state index contributed by atoms with van der Waals surface area (Å²) in [7, 11) is 0. The molecule has 34 heavy (non-hydrogen) atoms. The Labute approximate surface area is 197 Å². The Morgan fingerprint density at radius 1 is 1.09 bits per heavy atom. The zero-order valence-corrected chi connectivity index (χ0v) is 18.6. The van der Waals surface area contributed by atoms with Crippen molar-refractivity contribution in [1.82, 2.24) is 25.1 Å². The fourth-order valence-corrected chi connectivity index (χ4v) is 4.28. The number of hydrogen-bond donors (Lipinski definition) is 1. The summed E-state index contributed by atoms with van der Waals surface area (Å²) in [6, 6.07) is 16.0. The van der Waals surface area contributed by atoms with Crippen molar-refractivity contribution in [3.63, 3.8) is 0 Å². The quantitative estimate of drug-likeness (QED) is 0.475. The molecule has 172 valence electrons. The molecular formula is C26H25FN6O. The average molecular weight is 457 g/mol. The van der Waals surface area contributed by atoms with Gasteiger partial charge in [0.15, 0.2) is 0 Å². The number of anilines is 1. The van der Waals surface area contributed by atoms with Gasteiger partial charge in [0.2, 0.25) is 5.91 Å². The van der Waals surface area contributed by atoms with Crippen LogP contribution in [0.15, 0.2) is 79.4 Å². The first-order valence-electron chi connectivity index (χ1n) is 11.4. The number of nitrogens with one attached hydrogen (secondary N) is 1. The van der Waals surface area contributed by atoms with E-state index in [1.807, 2.05) is 36.5 Å². The van der Waals surface area contributed by atoms with Crippen molar-refractivity contribution in [2.45, 2.75) is 19.4 Å². The summed E-state index contributed by atoms with van der Waals surface area (Å²) in [5.74, 6) is 0.370. The van der Waals surface area contributed by atoms with Gasteiger partial charge in [-0.15, -0.1) is 0 Å². The molecule has 1 fully saturated rings. The fraction of sp³-hybridized carbons (Fsp3) is 0.231. The lowest BCUT2D eigenvalue weighted by molar-refractivity contribution is -0.125. The van der Waals surface area contributed by atoms with Crippen LogP contribution in [-0.2, 0) is 11.3 Å². The van der Waals surface area contributed by atoms with E-state index in [1.54, 1.807) is 35.4 Å². The van der Waals surface area contributed by atoms with Gasteiger partial charge in [0.1, 0.15) is 11.6 Å². The third kappa shape index (κ3) is 4.80. The predicted molar refractivity (Wildman–Crippen MR) is 128 cm³/mol. The van der Waals surface area contributed by atoms with Crippen LogP contribution in [0.4, 0.5) is 10.2 Å². The molecule has 7 nitrogen and oxygen atoms in total. The topological polar surface area (TPSA) is 75.9 Å². The Morgan fingerprint density at radius 2 is 1.91 bits per heavy atom. The zero-order chi connectivity index (χ0) is 23.3. The largest absolute Gasteiger partial charge is 0.355 e. The average Bonchev–Trinajstić information content (AvgIpc) is 3.33. The summed E-state index contributed by atoms with van der Waals surface area (Å²) >= 11 is 0. The van der Waals surface area contributed by atoms with Gasteiger partial charge in [0.05, 0.1) is 23.5 Å². The van der Waals surface area contributed by atoms with Crippen molar-refractivity contribution >= 4 is 11.7 Å². The van der Waals surface area contributed by atoms with Crippen LogP contribution < -0.4 is 10.2 Å². The first-order valence-corrected chi connectivity index (χ1v) is 11.4. The van der Waals surface area contributed by atoms with E-state index in [1.165, 1.54) is 12.1 Å². The first kappa shape index (κ1) is 21.8. The molecule has 1 N–H and O–H groups in total. The van der Waals surface area contributed by atoms with Crippen LogP contribution in [0.3, 0.4) is 0 Å². The number of carbonyl (C=O) groups excluding carboxylic acids is 1. The lowest BCUT2D eigenvalue weighted by atomic mass is 9.97. The Morgan fingerprint density at radius 3 is 2.68 bits per heavy atom. The van der Waals surface area contributed by atoms with E-state index in [9.17, 15) is 9.18 Å². The maximum atomic E-state index is 13.5. The number of aromatic nitrogens is 4. The van der Waals surface area contributed by atoms with E-state index < -0.39 is 0 Å². The molecule has 8 heteroatoms. The SMILES string of the molecule is O=C(NCc1cn(-c2ccccc2)nc1-c1ccc(F)cc1)[C@H]1CCCN(c2cnccn2)C1. The standard InChI is InChI=1S/C26H25FN6O/c27-22-10-8-19(9-11-22)25-21(18-33(31-25)23-6-2-1-3-7-23)15-30-26(34)20-5-4-14-32(17-20)24-16-28-12-13-29-24/h1-3,6-13,16,18,20H,4-5,14-15,17H2,(H,30,34)/t20-/m0/s1. The Hall–Kier alpha value is -4.07. The van der Waals surface area contributed by atoms with Crippen molar-refractivity contribution < 1.29 is 9.18 Å². The first-order chi connectivity index (χ1) is 16.7. The molecule has 4 aromatic rings. The molecule has 2 aromatic carbocycles. The van der Waals surface area contributed by atoms with Gasteiger partial charge in [0, 0.05) is 49.4 Å². The molecular weight excluding hydrogens is 431 g/mol. The number of halogens is 1. The highest BCUT2D eigenvalue weighted by Gasteiger charge is 2.27. The number of rotatable bonds is 6. The third-order valence-corrected chi connectivity index (χ3v) is 6.05.